The molecule has 2 fully saturated rings. The molecule has 0 aromatic heterocycles. The molecule has 1 spiro atoms. The van der Waals surface area contributed by atoms with E-state index in [4.69, 9.17) is 5.11 Å². The number of thioether (sulfide) groups is 1. The van der Waals surface area contributed by atoms with E-state index in [0.717, 1.165) is 12.8 Å². The Morgan fingerprint density at radius 3 is 2.12 bits per heavy atom. The Labute approximate surface area is 53.5 Å². The van der Waals surface area contributed by atoms with Crippen LogP contribution in [0.4, 0.5) is 0 Å². The van der Waals surface area contributed by atoms with Crippen LogP contribution in [0.5, 0.6) is 0 Å². The van der Waals surface area contributed by atoms with Crippen LogP contribution >= 0.6 is 11.8 Å². The molecule has 1 aliphatic carbocycles. The van der Waals surface area contributed by atoms with E-state index in [1.807, 2.05) is 11.8 Å². The third kappa shape index (κ3) is 0.531. The average molecular weight is 130 g/mol. The van der Waals surface area contributed by atoms with E-state index in [2.05, 4.69) is 0 Å². The predicted molar refractivity (Wildman–Crippen MR) is 35.0 cm³/mol. The lowest BCUT2D eigenvalue weighted by atomic mass is 9.69. The molecule has 1 N–H and O–H groups in total. The lowest BCUT2D eigenvalue weighted by Gasteiger charge is -2.51. The van der Waals surface area contributed by atoms with Crippen molar-refractivity contribution in [2.75, 3.05) is 11.5 Å². The van der Waals surface area contributed by atoms with Crippen LogP contribution in [0, 0.1) is 5.41 Å². The molecular formula is C6H10OS. The van der Waals surface area contributed by atoms with Crippen molar-refractivity contribution in [1.82, 2.24) is 0 Å². The van der Waals surface area contributed by atoms with Crippen molar-refractivity contribution in [3.05, 3.63) is 0 Å². The maximum atomic E-state index is 8.94. The monoisotopic (exact) mass is 130 g/mol. The SMILES string of the molecule is OC1CC2(CSC2)C1. The summed E-state index contributed by atoms with van der Waals surface area (Å²) in [5.41, 5.74) is 0.629. The van der Waals surface area contributed by atoms with Gasteiger partial charge in [0.2, 0.25) is 0 Å². The lowest BCUT2D eigenvalue weighted by molar-refractivity contribution is -0.00889. The van der Waals surface area contributed by atoms with Gasteiger partial charge in [-0.05, 0) is 29.8 Å². The van der Waals surface area contributed by atoms with Crippen molar-refractivity contribution in [2.24, 2.45) is 5.41 Å². The van der Waals surface area contributed by atoms with E-state index in [1.165, 1.54) is 11.5 Å². The Morgan fingerprint density at radius 2 is 2.00 bits per heavy atom. The highest BCUT2D eigenvalue weighted by molar-refractivity contribution is 8.00. The summed E-state index contributed by atoms with van der Waals surface area (Å²) < 4.78 is 0. The van der Waals surface area contributed by atoms with Gasteiger partial charge in [-0.2, -0.15) is 11.8 Å². The highest BCUT2D eigenvalue weighted by Crippen LogP contribution is 2.52. The summed E-state index contributed by atoms with van der Waals surface area (Å²) in [5.74, 6) is 2.62. The van der Waals surface area contributed by atoms with E-state index >= 15 is 0 Å². The fourth-order valence-electron chi connectivity index (χ4n) is 1.57. The molecule has 0 aromatic carbocycles. The minimum Gasteiger partial charge on any atom is -0.393 e. The van der Waals surface area contributed by atoms with Crippen LogP contribution in [0.1, 0.15) is 12.8 Å². The van der Waals surface area contributed by atoms with Crippen LogP contribution in [0.25, 0.3) is 0 Å². The van der Waals surface area contributed by atoms with Gasteiger partial charge in [-0.15, -0.1) is 0 Å². The first kappa shape index (κ1) is 5.12. The van der Waals surface area contributed by atoms with Gasteiger partial charge >= 0.3 is 0 Å². The molecule has 1 saturated heterocycles. The second-order valence-electron chi connectivity index (χ2n) is 3.05. The molecule has 0 unspecified atom stereocenters. The zero-order chi connectivity index (χ0) is 5.61. The minimum atomic E-state index is 0.0518. The lowest BCUT2D eigenvalue weighted by Crippen LogP contribution is -2.49. The van der Waals surface area contributed by atoms with Crippen molar-refractivity contribution in [1.29, 1.82) is 0 Å². The Balaban J connectivity index is 1.92. The van der Waals surface area contributed by atoms with Crippen molar-refractivity contribution >= 4 is 11.8 Å². The summed E-state index contributed by atoms with van der Waals surface area (Å²) in [6.07, 6.45) is 2.22. The number of hydrogen-bond donors (Lipinski definition) is 1. The van der Waals surface area contributed by atoms with Gasteiger partial charge in [0.1, 0.15) is 0 Å². The number of aliphatic hydroxyl groups excluding tert-OH is 1. The predicted octanol–water partition coefficient (Wildman–Crippen LogP) is 0.874. The van der Waals surface area contributed by atoms with Crippen LogP contribution < -0.4 is 0 Å². The molecule has 0 radical (unpaired) electrons. The highest BCUT2D eigenvalue weighted by atomic mass is 32.2. The van der Waals surface area contributed by atoms with Crippen LogP contribution in [-0.4, -0.2) is 22.7 Å². The molecule has 46 valence electrons. The van der Waals surface area contributed by atoms with E-state index in [1.54, 1.807) is 0 Å². The van der Waals surface area contributed by atoms with Gasteiger partial charge in [-0.1, -0.05) is 0 Å². The summed E-state index contributed by atoms with van der Waals surface area (Å²) >= 11 is 2.01. The number of rotatable bonds is 0. The third-order valence-corrected chi connectivity index (χ3v) is 3.79. The molecule has 0 bridgehead atoms. The largest absolute Gasteiger partial charge is 0.393 e. The first-order valence-corrected chi connectivity index (χ1v) is 4.22. The fraction of sp³-hybridized carbons (Fsp3) is 1.00. The Hall–Kier alpha value is 0.310. The maximum Gasteiger partial charge on any atom is 0.0552 e. The molecule has 2 rings (SSSR count). The summed E-state index contributed by atoms with van der Waals surface area (Å²) in [6, 6.07) is 0. The van der Waals surface area contributed by atoms with Crippen molar-refractivity contribution < 1.29 is 5.11 Å². The van der Waals surface area contributed by atoms with Gasteiger partial charge in [0.15, 0.2) is 0 Å². The van der Waals surface area contributed by atoms with Crippen molar-refractivity contribution in [3.8, 4) is 0 Å². The second kappa shape index (κ2) is 1.42. The van der Waals surface area contributed by atoms with Gasteiger partial charge < -0.3 is 5.11 Å². The van der Waals surface area contributed by atoms with Gasteiger partial charge in [-0.3, -0.25) is 0 Å². The van der Waals surface area contributed by atoms with Gasteiger partial charge in [-0.25, -0.2) is 0 Å². The highest BCUT2D eigenvalue weighted by Gasteiger charge is 2.48. The summed E-state index contributed by atoms with van der Waals surface area (Å²) in [6.45, 7) is 0. The van der Waals surface area contributed by atoms with Gasteiger partial charge in [0.05, 0.1) is 6.10 Å². The topological polar surface area (TPSA) is 20.2 Å². The van der Waals surface area contributed by atoms with Gasteiger partial charge in [0.25, 0.3) is 0 Å². The molecule has 2 aliphatic rings. The summed E-state index contributed by atoms with van der Waals surface area (Å²) in [7, 11) is 0. The molecule has 2 heteroatoms. The van der Waals surface area contributed by atoms with E-state index in [0.29, 0.717) is 5.41 Å². The normalized spacial score (nSPS) is 34.1. The molecule has 1 saturated carbocycles. The molecule has 0 aromatic rings. The van der Waals surface area contributed by atoms with E-state index < -0.39 is 0 Å². The minimum absolute atomic E-state index is 0.0518. The van der Waals surface area contributed by atoms with Crippen LogP contribution in [-0.2, 0) is 0 Å². The maximum absolute atomic E-state index is 8.94. The summed E-state index contributed by atoms with van der Waals surface area (Å²) in [5, 5.41) is 8.94. The second-order valence-corrected chi connectivity index (χ2v) is 4.04. The first-order chi connectivity index (χ1) is 3.81. The van der Waals surface area contributed by atoms with Gasteiger partial charge in [0, 0.05) is 0 Å². The zero-order valence-corrected chi connectivity index (χ0v) is 5.58. The fourth-order valence-corrected chi connectivity index (χ4v) is 2.82. The quantitative estimate of drug-likeness (QED) is 0.525. The Morgan fingerprint density at radius 1 is 1.38 bits per heavy atom. The zero-order valence-electron chi connectivity index (χ0n) is 4.76. The molecule has 1 heterocycles. The molecule has 0 atom stereocenters. The first-order valence-electron chi connectivity index (χ1n) is 3.07. The molecular weight excluding hydrogens is 120 g/mol. The molecule has 1 aliphatic heterocycles. The van der Waals surface area contributed by atoms with Crippen LogP contribution in [0.2, 0.25) is 0 Å². The van der Waals surface area contributed by atoms with Crippen molar-refractivity contribution in [3.63, 3.8) is 0 Å². The molecule has 8 heavy (non-hydrogen) atoms. The van der Waals surface area contributed by atoms with E-state index in [-0.39, 0.29) is 6.10 Å². The van der Waals surface area contributed by atoms with E-state index in [9.17, 15) is 0 Å². The Kier molecular flexibility index (Phi) is 0.910. The third-order valence-electron chi connectivity index (χ3n) is 2.15. The number of aliphatic hydroxyl groups is 1. The van der Waals surface area contributed by atoms with Crippen LogP contribution in [0.15, 0.2) is 0 Å². The number of hydrogen-bond acceptors (Lipinski definition) is 2. The summed E-state index contributed by atoms with van der Waals surface area (Å²) in [4.78, 5) is 0. The molecule has 0 amide bonds. The van der Waals surface area contributed by atoms with Crippen molar-refractivity contribution in [2.45, 2.75) is 18.9 Å². The van der Waals surface area contributed by atoms with Crippen LogP contribution in [0.3, 0.4) is 0 Å². The smallest absolute Gasteiger partial charge is 0.0552 e. The average Bonchev–Trinajstić information content (AvgIpc) is 1.51. The Bertz CT molecular complexity index is 101. The standard InChI is InChI=1S/C6H10OS/c7-5-1-6(2-5)3-8-4-6/h5,7H,1-4H2. The molecule has 1 nitrogen and oxygen atoms in total.